The van der Waals surface area contributed by atoms with Crippen LogP contribution in [-0.2, 0) is 9.59 Å². The van der Waals surface area contributed by atoms with Gasteiger partial charge >= 0.3 is 5.97 Å². The Morgan fingerprint density at radius 3 is 3.00 bits per heavy atom. The molecule has 5 heteroatoms. The molecule has 0 aromatic carbocycles. The van der Waals surface area contributed by atoms with Gasteiger partial charge in [0, 0.05) is 12.5 Å². The van der Waals surface area contributed by atoms with Gasteiger partial charge in [0.25, 0.3) is 0 Å². The minimum absolute atomic E-state index is 0.0667. The monoisotopic (exact) mass is 186 g/mol. The lowest BCUT2D eigenvalue weighted by Gasteiger charge is -2.22. The van der Waals surface area contributed by atoms with Crippen molar-refractivity contribution in [3.63, 3.8) is 0 Å². The summed E-state index contributed by atoms with van der Waals surface area (Å²) in [6.07, 6.45) is 1.89. The molecule has 5 nitrogen and oxygen atoms in total. The molecule has 1 heterocycles. The van der Waals surface area contributed by atoms with E-state index in [1.807, 2.05) is 0 Å². The van der Waals surface area contributed by atoms with Gasteiger partial charge in [-0.1, -0.05) is 0 Å². The number of rotatable bonds is 3. The average molecular weight is 186 g/mol. The Morgan fingerprint density at radius 2 is 2.46 bits per heavy atom. The van der Waals surface area contributed by atoms with Gasteiger partial charge in [0.2, 0.25) is 5.91 Å². The molecule has 0 aliphatic carbocycles. The highest BCUT2D eigenvalue weighted by Crippen LogP contribution is 2.16. The third kappa shape index (κ3) is 2.69. The second-order valence-corrected chi connectivity index (χ2v) is 3.31. The predicted octanol–water partition coefficient (Wildman–Crippen LogP) is -0.685. The zero-order chi connectivity index (χ0) is 9.84. The van der Waals surface area contributed by atoms with E-state index < -0.39 is 12.0 Å². The quantitative estimate of drug-likeness (QED) is 0.544. The van der Waals surface area contributed by atoms with Gasteiger partial charge in [-0.3, -0.25) is 9.59 Å². The lowest BCUT2D eigenvalue weighted by atomic mass is 9.92. The molecule has 4 N–H and O–H groups in total. The van der Waals surface area contributed by atoms with Gasteiger partial charge in [-0.15, -0.1) is 0 Å². The van der Waals surface area contributed by atoms with E-state index in [1.54, 1.807) is 0 Å². The maximum atomic E-state index is 11.2. The smallest absolute Gasteiger partial charge is 0.320 e. The number of hydrogen-bond donors (Lipinski definition) is 3. The van der Waals surface area contributed by atoms with Crippen molar-refractivity contribution in [3.8, 4) is 0 Å². The van der Waals surface area contributed by atoms with Crippen LogP contribution in [0.2, 0.25) is 0 Å². The van der Waals surface area contributed by atoms with E-state index in [9.17, 15) is 9.59 Å². The highest BCUT2D eigenvalue weighted by molar-refractivity contribution is 5.81. The molecule has 0 spiro atoms. The zero-order valence-electron chi connectivity index (χ0n) is 7.32. The standard InChI is InChI=1S/C8H14N2O3/c9-6(8(12)13)4-5-2-1-3-10-7(5)11/h5-6H,1-4,9H2,(H,10,11)(H,12,13). The first-order chi connectivity index (χ1) is 6.11. The Bertz CT molecular complexity index is 217. The Balaban J connectivity index is 2.42. The fraction of sp³-hybridized carbons (Fsp3) is 0.750. The van der Waals surface area contributed by atoms with Crippen LogP contribution in [0.25, 0.3) is 0 Å². The van der Waals surface area contributed by atoms with Crippen molar-refractivity contribution in [1.82, 2.24) is 5.32 Å². The Morgan fingerprint density at radius 1 is 1.77 bits per heavy atom. The van der Waals surface area contributed by atoms with E-state index in [1.165, 1.54) is 0 Å². The number of carboxylic acid groups (broad SMARTS) is 1. The van der Waals surface area contributed by atoms with Crippen molar-refractivity contribution < 1.29 is 14.7 Å². The van der Waals surface area contributed by atoms with E-state index in [0.717, 1.165) is 12.8 Å². The largest absolute Gasteiger partial charge is 0.480 e. The minimum Gasteiger partial charge on any atom is -0.480 e. The normalized spacial score (nSPS) is 25.0. The second kappa shape index (κ2) is 4.23. The maximum absolute atomic E-state index is 11.2. The fourth-order valence-electron chi connectivity index (χ4n) is 1.47. The van der Waals surface area contributed by atoms with Gasteiger partial charge < -0.3 is 16.2 Å². The van der Waals surface area contributed by atoms with Crippen LogP contribution in [0, 0.1) is 5.92 Å². The van der Waals surface area contributed by atoms with Gasteiger partial charge in [-0.25, -0.2) is 0 Å². The summed E-state index contributed by atoms with van der Waals surface area (Å²) >= 11 is 0. The summed E-state index contributed by atoms with van der Waals surface area (Å²) in [5, 5.41) is 11.2. The van der Waals surface area contributed by atoms with Crippen molar-refractivity contribution in [3.05, 3.63) is 0 Å². The fourth-order valence-corrected chi connectivity index (χ4v) is 1.47. The minimum atomic E-state index is -1.04. The number of nitrogens with two attached hydrogens (primary N) is 1. The first-order valence-corrected chi connectivity index (χ1v) is 4.37. The molecule has 0 bridgehead atoms. The molecule has 1 fully saturated rings. The third-order valence-corrected chi connectivity index (χ3v) is 2.26. The first kappa shape index (κ1) is 9.98. The molecule has 2 atom stereocenters. The number of nitrogens with one attached hydrogen (secondary N) is 1. The van der Waals surface area contributed by atoms with Crippen LogP contribution in [-0.4, -0.2) is 29.6 Å². The molecular formula is C8H14N2O3. The van der Waals surface area contributed by atoms with Gasteiger partial charge in [0.05, 0.1) is 0 Å². The first-order valence-electron chi connectivity index (χ1n) is 4.37. The molecule has 1 rings (SSSR count). The summed E-state index contributed by atoms with van der Waals surface area (Å²) in [5.41, 5.74) is 5.33. The summed E-state index contributed by atoms with van der Waals surface area (Å²) in [7, 11) is 0. The van der Waals surface area contributed by atoms with Crippen molar-refractivity contribution in [2.75, 3.05) is 6.54 Å². The predicted molar refractivity (Wildman–Crippen MR) is 46.0 cm³/mol. The Hall–Kier alpha value is -1.10. The average Bonchev–Trinajstić information content (AvgIpc) is 2.08. The number of carbonyl (C=O) groups is 2. The van der Waals surface area contributed by atoms with E-state index in [2.05, 4.69) is 5.32 Å². The molecule has 0 saturated carbocycles. The number of carbonyl (C=O) groups excluding carboxylic acids is 1. The lowest BCUT2D eigenvalue weighted by molar-refractivity contribution is -0.139. The lowest BCUT2D eigenvalue weighted by Crippen LogP contribution is -2.41. The summed E-state index contributed by atoms with van der Waals surface area (Å²) in [5.74, 6) is -1.33. The van der Waals surface area contributed by atoms with Crippen molar-refractivity contribution in [2.45, 2.75) is 25.3 Å². The molecule has 1 saturated heterocycles. The third-order valence-electron chi connectivity index (χ3n) is 2.26. The summed E-state index contributed by atoms with van der Waals surface area (Å²) in [4.78, 5) is 21.6. The zero-order valence-corrected chi connectivity index (χ0v) is 7.32. The number of piperidine rings is 1. The summed E-state index contributed by atoms with van der Waals surface area (Å²) in [6.45, 7) is 0.692. The molecule has 13 heavy (non-hydrogen) atoms. The number of carboxylic acids is 1. The highest BCUT2D eigenvalue weighted by Gasteiger charge is 2.26. The molecule has 0 aromatic heterocycles. The van der Waals surface area contributed by atoms with Crippen LogP contribution in [0.4, 0.5) is 0 Å². The highest BCUT2D eigenvalue weighted by atomic mass is 16.4. The van der Waals surface area contributed by atoms with E-state index in [0.29, 0.717) is 6.54 Å². The van der Waals surface area contributed by atoms with E-state index in [4.69, 9.17) is 10.8 Å². The Labute approximate surface area is 76.3 Å². The summed E-state index contributed by atoms with van der Waals surface area (Å²) in [6, 6.07) is -0.922. The molecule has 74 valence electrons. The van der Waals surface area contributed by atoms with Crippen LogP contribution in [0.5, 0.6) is 0 Å². The number of aliphatic carboxylic acids is 1. The van der Waals surface area contributed by atoms with Crippen molar-refractivity contribution >= 4 is 11.9 Å². The Kier molecular flexibility index (Phi) is 3.25. The SMILES string of the molecule is NC(CC1CCCNC1=O)C(=O)O. The van der Waals surface area contributed by atoms with Gasteiger partial charge in [-0.2, -0.15) is 0 Å². The molecule has 1 aliphatic rings. The number of hydrogen-bond acceptors (Lipinski definition) is 3. The molecular weight excluding hydrogens is 172 g/mol. The molecule has 0 radical (unpaired) electrons. The van der Waals surface area contributed by atoms with Crippen LogP contribution >= 0.6 is 0 Å². The molecule has 0 aromatic rings. The maximum Gasteiger partial charge on any atom is 0.320 e. The molecule has 1 amide bonds. The van der Waals surface area contributed by atoms with Crippen LogP contribution in [0.15, 0.2) is 0 Å². The van der Waals surface area contributed by atoms with Crippen LogP contribution in [0.3, 0.4) is 0 Å². The van der Waals surface area contributed by atoms with Crippen LogP contribution < -0.4 is 11.1 Å². The molecule has 2 unspecified atom stereocenters. The van der Waals surface area contributed by atoms with E-state index in [-0.39, 0.29) is 18.2 Å². The summed E-state index contributed by atoms with van der Waals surface area (Å²) < 4.78 is 0. The van der Waals surface area contributed by atoms with Gasteiger partial charge in [0.1, 0.15) is 6.04 Å². The van der Waals surface area contributed by atoms with Crippen molar-refractivity contribution in [1.29, 1.82) is 0 Å². The second-order valence-electron chi connectivity index (χ2n) is 3.31. The topological polar surface area (TPSA) is 92.4 Å². The van der Waals surface area contributed by atoms with Crippen molar-refractivity contribution in [2.24, 2.45) is 11.7 Å². The van der Waals surface area contributed by atoms with Gasteiger partial charge in [-0.05, 0) is 19.3 Å². The molecule has 1 aliphatic heterocycles. The van der Waals surface area contributed by atoms with Gasteiger partial charge in [0.15, 0.2) is 0 Å². The van der Waals surface area contributed by atoms with Crippen LogP contribution in [0.1, 0.15) is 19.3 Å². The number of amides is 1. The van der Waals surface area contributed by atoms with E-state index >= 15 is 0 Å².